The van der Waals surface area contributed by atoms with Crippen molar-refractivity contribution in [3.05, 3.63) is 179 Å². The van der Waals surface area contributed by atoms with Gasteiger partial charge < -0.3 is 9.88 Å². The van der Waals surface area contributed by atoms with Crippen LogP contribution in [-0.4, -0.2) is 4.57 Å². The highest BCUT2D eigenvalue weighted by molar-refractivity contribution is 6.14. The SMILES string of the molecule is C/C=C\C(=C/C)C1=CC(c2ccc3c(c2)c2c4c(ccc2n3-c2ccccc2)-c2ccccc2C4(C)C)NC(c2ccccc2)=C1. The molecule has 1 aromatic heterocycles. The van der Waals surface area contributed by atoms with E-state index >= 15 is 0 Å². The van der Waals surface area contributed by atoms with Crippen LogP contribution in [0.4, 0.5) is 0 Å². The summed E-state index contributed by atoms with van der Waals surface area (Å²) in [6.07, 6.45) is 11.2. The van der Waals surface area contributed by atoms with E-state index in [1.807, 2.05) is 0 Å². The van der Waals surface area contributed by atoms with Crippen molar-refractivity contribution in [2.24, 2.45) is 0 Å². The quantitative estimate of drug-likeness (QED) is 0.197. The lowest BCUT2D eigenvalue weighted by molar-refractivity contribution is 0.666. The molecule has 0 amide bonds. The van der Waals surface area contributed by atoms with Gasteiger partial charge >= 0.3 is 0 Å². The summed E-state index contributed by atoms with van der Waals surface area (Å²) in [5, 5.41) is 6.54. The molecule has 224 valence electrons. The molecule has 1 N–H and O–H groups in total. The van der Waals surface area contributed by atoms with Crippen LogP contribution >= 0.6 is 0 Å². The first-order valence-electron chi connectivity index (χ1n) is 16.3. The van der Waals surface area contributed by atoms with Crippen molar-refractivity contribution in [1.82, 2.24) is 9.88 Å². The van der Waals surface area contributed by atoms with E-state index in [4.69, 9.17) is 0 Å². The molecule has 1 aliphatic carbocycles. The fourth-order valence-corrected chi connectivity index (χ4v) is 7.77. The van der Waals surface area contributed by atoms with Crippen molar-refractivity contribution in [1.29, 1.82) is 0 Å². The maximum Gasteiger partial charge on any atom is 0.0707 e. The monoisotopic (exact) mass is 594 g/mol. The van der Waals surface area contributed by atoms with Gasteiger partial charge in [0.15, 0.2) is 0 Å². The third-order valence-electron chi connectivity index (χ3n) is 9.88. The Labute approximate surface area is 271 Å². The fraction of sp³-hybridized carbons (Fsp3) is 0.136. The van der Waals surface area contributed by atoms with Crippen LogP contribution in [0, 0.1) is 0 Å². The summed E-state index contributed by atoms with van der Waals surface area (Å²) < 4.78 is 2.45. The maximum atomic E-state index is 3.90. The van der Waals surface area contributed by atoms with Crippen LogP contribution < -0.4 is 5.32 Å². The molecule has 2 aliphatic rings. The van der Waals surface area contributed by atoms with Gasteiger partial charge in [-0.3, -0.25) is 0 Å². The summed E-state index contributed by atoms with van der Waals surface area (Å²) >= 11 is 0. The Kier molecular flexibility index (Phi) is 6.69. The molecule has 46 heavy (non-hydrogen) atoms. The first-order chi connectivity index (χ1) is 22.5. The van der Waals surface area contributed by atoms with Crippen molar-refractivity contribution < 1.29 is 0 Å². The average molecular weight is 595 g/mol. The Bertz CT molecular complexity index is 2260. The fourth-order valence-electron chi connectivity index (χ4n) is 7.77. The Morgan fingerprint density at radius 2 is 1.48 bits per heavy atom. The van der Waals surface area contributed by atoms with Crippen LogP contribution in [0.5, 0.6) is 0 Å². The number of dihydropyridines is 1. The third-order valence-corrected chi connectivity index (χ3v) is 9.88. The van der Waals surface area contributed by atoms with Crippen LogP contribution in [0.25, 0.3) is 44.3 Å². The molecule has 2 heteroatoms. The summed E-state index contributed by atoms with van der Waals surface area (Å²) in [6.45, 7) is 8.98. The smallest absolute Gasteiger partial charge is 0.0707 e. The molecular formula is C44H38N2. The van der Waals surface area contributed by atoms with Gasteiger partial charge in [-0.15, -0.1) is 0 Å². The summed E-state index contributed by atoms with van der Waals surface area (Å²) in [6, 6.07) is 42.2. The molecule has 2 heterocycles. The molecule has 0 radical (unpaired) electrons. The highest BCUT2D eigenvalue weighted by Crippen LogP contribution is 2.53. The van der Waals surface area contributed by atoms with E-state index in [0.717, 1.165) is 5.70 Å². The Balaban J connectivity index is 1.38. The zero-order chi connectivity index (χ0) is 31.4. The number of hydrogen-bond acceptors (Lipinski definition) is 1. The molecule has 0 saturated heterocycles. The minimum Gasteiger partial charge on any atom is -0.374 e. The van der Waals surface area contributed by atoms with E-state index in [-0.39, 0.29) is 11.5 Å². The molecule has 1 unspecified atom stereocenters. The van der Waals surface area contributed by atoms with Gasteiger partial charge in [-0.2, -0.15) is 0 Å². The molecule has 1 aliphatic heterocycles. The number of hydrogen-bond donors (Lipinski definition) is 1. The summed E-state index contributed by atoms with van der Waals surface area (Å²) in [5.74, 6) is 0. The number of para-hydroxylation sites is 1. The predicted molar refractivity (Wildman–Crippen MR) is 195 cm³/mol. The Morgan fingerprint density at radius 1 is 0.761 bits per heavy atom. The second-order valence-electron chi connectivity index (χ2n) is 12.9. The average Bonchev–Trinajstić information content (AvgIpc) is 3.55. The van der Waals surface area contributed by atoms with Crippen molar-refractivity contribution in [2.75, 3.05) is 0 Å². The van der Waals surface area contributed by atoms with Gasteiger partial charge in [0.2, 0.25) is 0 Å². The second kappa shape index (κ2) is 10.9. The highest BCUT2D eigenvalue weighted by atomic mass is 15.0. The topological polar surface area (TPSA) is 17.0 Å². The summed E-state index contributed by atoms with van der Waals surface area (Å²) in [7, 11) is 0. The van der Waals surface area contributed by atoms with E-state index in [0.29, 0.717) is 0 Å². The number of nitrogens with one attached hydrogen (secondary N) is 1. The van der Waals surface area contributed by atoms with E-state index < -0.39 is 0 Å². The predicted octanol–water partition coefficient (Wildman–Crippen LogP) is 11.2. The van der Waals surface area contributed by atoms with Gasteiger partial charge in [0.25, 0.3) is 0 Å². The molecule has 6 aromatic rings. The van der Waals surface area contributed by atoms with Crippen molar-refractivity contribution in [2.45, 2.75) is 39.2 Å². The molecule has 8 rings (SSSR count). The lowest BCUT2D eigenvalue weighted by atomic mass is 9.80. The standard InChI is InChI=1S/C44H38N2/c1-5-15-29(6-2)32-27-38(30-16-9-7-10-17-30)45-39(28-32)31-22-24-40-36(26-31)42-41(46(40)33-18-11-8-12-19-33)25-23-35-34-20-13-14-21-37(34)44(3,4)43(35)42/h5-28,39,45H,1-4H3/b15-5-,29-6+. The third kappa shape index (κ3) is 4.32. The van der Waals surface area contributed by atoms with E-state index in [1.165, 1.54) is 72.0 Å². The lowest BCUT2D eigenvalue weighted by Gasteiger charge is -2.26. The molecule has 0 bridgehead atoms. The number of benzene rings is 5. The van der Waals surface area contributed by atoms with E-state index in [1.54, 1.807) is 0 Å². The zero-order valence-corrected chi connectivity index (χ0v) is 26.9. The lowest BCUT2D eigenvalue weighted by Crippen LogP contribution is -2.22. The van der Waals surface area contributed by atoms with Crippen molar-refractivity contribution in [3.63, 3.8) is 0 Å². The van der Waals surface area contributed by atoms with Gasteiger partial charge in [0.1, 0.15) is 0 Å². The van der Waals surface area contributed by atoms with Gasteiger partial charge in [0, 0.05) is 27.6 Å². The first kappa shape index (κ1) is 28.2. The molecule has 1 atom stereocenters. The highest BCUT2D eigenvalue weighted by Gasteiger charge is 2.38. The summed E-state index contributed by atoms with van der Waals surface area (Å²) in [4.78, 5) is 0. The normalized spacial score (nSPS) is 17.1. The molecular weight excluding hydrogens is 556 g/mol. The molecule has 0 saturated carbocycles. The van der Waals surface area contributed by atoms with Gasteiger partial charge in [0.05, 0.1) is 17.1 Å². The van der Waals surface area contributed by atoms with Crippen LogP contribution in [0.2, 0.25) is 0 Å². The number of aromatic nitrogens is 1. The zero-order valence-electron chi connectivity index (χ0n) is 26.9. The Morgan fingerprint density at radius 3 is 2.24 bits per heavy atom. The van der Waals surface area contributed by atoms with Crippen molar-refractivity contribution >= 4 is 27.5 Å². The first-order valence-corrected chi connectivity index (χ1v) is 16.3. The number of rotatable bonds is 5. The molecule has 5 aromatic carbocycles. The second-order valence-corrected chi connectivity index (χ2v) is 12.9. The minimum absolute atomic E-state index is 0.0110. The van der Waals surface area contributed by atoms with Gasteiger partial charge in [-0.25, -0.2) is 0 Å². The van der Waals surface area contributed by atoms with Crippen LogP contribution in [0.1, 0.15) is 56.0 Å². The number of nitrogens with zero attached hydrogens (tertiary/aromatic N) is 1. The molecule has 0 fully saturated rings. The minimum atomic E-state index is -0.121. The van der Waals surface area contributed by atoms with Crippen LogP contribution in [0.3, 0.4) is 0 Å². The summed E-state index contributed by atoms with van der Waals surface area (Å²) in [5.41, 5.74) is 15.1. The van der Waals surface area contributed by atoms with Gasteiger partial charge in [-0.1, -0.05) is 117 Å². The number of fused-ring (bicyclic) bond motifs is 7. The Hall–Kier alpha value is -5.34. The molecule has 0 spiro atoms. The van der Waals surface area contributed by atoms with Crippen molar-refractivity contribution in [3.8, 4) is 16.8 Å². The maximum absolute atomic E-state index is 3.90. The van der Waals surface area contributed by atoms with E-state index in [2.05, 4.69) is 183 Å². The number of allylic oxidation sites excluding steroid dienone is 6. The van der Waals surface area contributed by atoms with Gasteiger partial charge in [-0.05, 0) is 101 Å². The largest absolute Gasteiger partial charge is 0.374 e. The van der Waals surface area contributed by atoms with E-state index in [9.17, 15) is 0 Å². The van der Waals surface area contributed by atoms with Crippen LogP contribution in [0.15, 0.2) is 157 Å². The van der Waals surface area contributed by atoms with Crippen LogP contribution in [-0.2, 0) is 5.41 Å². The molecule has 2 nitrogen and oxygen atoms in total.